The molecule has 2 unspecified atom stereocenters. The van der Waals surface area contributed by atoms with Crippen LogP contribution in [0.1, 0.15) is 30.4 Å². The van der Waals surface area contributed by atoms with Crippen molar-refractivity contribution in [2.45, 2.75) is 31.7 Å². The van der Waals surface area contributed by atoms with Crippen molar-refractivity contribution in [2.75, 3.05) is 5.32 Å². The zero-order chi connectivity index (χ0) is 14.1. The Morgan fingerprint density at radius 1 is 1.25 bits per heavy atom. The van der Waals surface area contributed by atoms with Crippen LogP contribution in [0, 0.1) is 5.82 Å². The number of benzene rings is 2. The molecule has 0 saturated carbocycles. The average Bonchev–Trinajstić information content (AvgIpc) is 2.43. The van der Waals surface area contributed by atoms with Gasteiger partial charge in [0.05, 0.1) is 0 Å². The monoisotopic (exact) mass is 333 g/mol. The standard InChI is InChI=1S/C17H17BrFN/c1-11-8-12(15-4-2-3-5-17(15)20-11)9-13-10-14(18)6-7-16(13)19/h2-7,10-12,20H,8-9H2,1H3. The Morgan fingerprint density at radius 2 is 2.05 bits per heavy atom. The van der Waals surface area contributed by atoms with Gasteiger partial charge >= 0.3 is 0 Å². The van der Waals surface area contributed by atoms with Crippen molar-refractivity contribution < 1.29 is 4.39 Å². The van der Waals surface area contributed by atoms with Gasteiger partial charge in [0.25, 0.3) is 0 Å². The number of nitrogens with one attached hydrogen (secondary N) is 1. The Labute approximate surface area is 127 Å². The average molecular weight is 334 g/mol. The van der Waals surface area contributed by atoms with E-state index in [9.17, 15) is 4.39 Å². The summed E-state index contributed by atoms with van der Waals surface area (Å²) >= 11 is 3.43. The molecule has 1 aliphatic rings. The molecule has 0 aromatic heterocycles. The molecule has 0 amide bonds. The third-order valence-corrected chi connectivity index (χ3v) is 4.41. The second-order valence-corrected chi connectivity index (χ2v) is 6.42. The van der Waals surface area contributed by atoms with Crippen molar-refractivity contribution >= 4 is 21.6 Å². The third-order valence-electron chi connectivity index (χ3n) is 3.91. The molecule has 0 radical (unpaired) electrons. The molecule has 3 rings (SSSR count). The number of fused-ring (bicyclic) bond motifs is 1. The predicted molar refractivity (Wildman–Crippen MR) is 84.7 cm³/mol. The smallest absolute Gasteiger partial charge is 0.126 e. The highest BCUT2D eigenvalue weighted by molar-refractivity contribution is 9.10. The number of rotatable bonds is 2. The van der Waals surface area contributed by atoms with E-state index in [0.29, 0.717) is 12.0 Å². The van der Waals surface area contributed by atoms with Gasteiger partial charge in [-0.05, 0) is 61.1 Å². The Morgan fingerprint density at radius 3 is 2.90 bits per heavy atom. The fourth-order valence-electron chi connectivity index (χ4n) is 3.02. The minimum absolute atomic E-state index is 0.114. The Kier molecular flexibility index (Phi) is 3.79. The molecular formula is C17H17BrFN. The van der Waals surface area contributed by atoms with E-state index >= 15 is 0 Å². The van der Waals surface area contributed by atoms with E-state index in [4.69, 9.17) is 0 Å². The zero-order valence-corrected chi connectivity index (χ0v) is 13.0. The summed E-state index contributed by atoms with van der Waals surface area (Å²) in [6.07, 6.45) is 1.78. The molecule has 3 heteroatoms. The minimum Gasteiger partial charge on any atom is -0.382 e. The predicted octanol–water partition coefficient (Wildman–Crippen LogP) is 5.12. The van der Waals surface area contributed by atoms with Gasteiger partial charge < -0.3 is 5.32 Å². The second kappa shape index (κ2) is 5.57. The normalized spacial score (nSPS) is 21.1. The molecule has 0 saturated heterocycles. The first-order chi connectivity index (χ1) is 9.63. The quantitative estimate of drug-likeness (QED) is 0.804. The van der Waals surface area contributed by atoms with Crippen molar-refractivity contribution in [3.8, 4) is 0 Å². The van der Waals surface area contributed by atoms with Crippen LogP contribution in [0.25, 0.3) is 0 Å². The van der Waals surface area contributed by atoms with Crippen molar-refractivity contribution in [1.29, 1.82) is 0 Å². The first-order valence-electron chi connectivity index (χ1n) is 6.93. The van der Waals surface area contributed by atoms with E-state index in [1.165, 1.54) is 17.3 Å². The summed E-state index contributed by atoms with van der Waals surface area (Å²) in [7, 11) is 0. The lowest BCUT2D eigenvalue weighted by atomic mass is 9.83. The van der Waals surface area contributed by atoms with Gasteiger partial charge in [-0.25, -0.2) is 4.39 Å². The SMILES string of the molecule is CC1CC(Cc2cc(Br)ccc2F)c2ccccc2N1. The molecular weight excluding hydrogens is 317 g/mol. The first kappa shape index (κ1) is 13.6. The molecule has 0 fully saturated rings. The molecule has 0 bridgehead atoms. The van der Waals surface area contributed by atoms with Crippen molar-refractivity contribution in [2.24, 2.45) is 0 Å². The van der Waals surface area contributed by atoms with Gasteiger partial charge in [-0.3, -0.25) is 0 Å². The highest BCUT2D eigenvalue weighted by Crippen LogP contribution is 2.36. The first-order valence-corrected chi connectivity index (χ1v) is 7.72. The molecule has 1 aliphatic heterocycles. The molecule has 2 atom stereocenters. The van der Waals surface area contributed by atoms with Crippen molar-refractivity contribution in [3.63, 3.8) is 0 Å². The van der Waals surface area contributed by atoms with Crippen molar-refractivity contribution in [1.82, 2.24) is 0 Å². The number of hydrogen-bond acceptors (Lipinski definition) is 1. The minimum atomic E-state index is -0.114. The molecule has 0 aliphatic carbocycles. The Balaban J connectivity index is 1.93. The Hall–Kier alpha value is -1.35. The summed E-state index contributed by atoms with van der Waals surface area (Å²) in [6, 6.07) is 14.0. The molecule has 1 N–H and O–H groups in total. The van der Waals surface area contributed by atoms with Gasteiger partial charge in [0.1, 0.15) is 5.82 Å². The van der Waals surface area contributed by atoms with E-state index < -0.39 is 0 Å². The maximum absolute atomic E-state index is 14.0. The van der Waals surface area contributed by atoms with E-state index in [1.54, 1.807) is 6.07 Å². The fourth-order valence-corrected chi connectivity index (χ4v) is 3.43. The Bertz CT molecular complexity index is 626. The number of anilines is 1. The molecule has 20 heavy (non-hydrogen) atoms. The zero-order valence-electron chi connectivity index (χ0n) is 11.4. The van der Waals surface area contributed by atoms with Crippen LogP contribution in [0.2, 0.25) is 0 Å². The molecule has 2 aromatic rings. The molecule has 0 spiro atoms. The third kappa shape index (κ3) is 2.73. The van der Waals surface area contributed by atoms with Crippen LogP contribution in [0.15, 0.2) is 46.9 Å². The topological polar surface area (TPSA) is 12.0 Å². The highest BCUT2D eigenvalue weighted by Gasteiger charge is 2.24. The van der Waals surface area contributed by atoms with Crippen LogP contribution >= 0.6 is 15.9 Å². The summed E-state index contributed by atoms with van der Waals surface area (Å²) in [4.78, 5) is 0. The van der Waals surface area contributed by atoms with Crippen LogP contribution in [0.4, 0.5) is 10.1 Å². The maximum Gasteiger partial charge on any atom is 0.126 e. The summed E-state index contributed by atoms with van der Waals surface area (Å²) in [5.74, 6) is 0.253. The van der Waals surface area contributed by atoms with Crippen LogP contribution in [-0.4, -0.2) is 6.04 Å². The maximum atomic E-state index is 14.0. The summed E-state index contributed by atoms with van der Waals surface area (Å²) in [6.45, 7) is 2.18. The lowest BCUT2D eigenvalue weighted by Gasteiger charge is -2.31. The lowest BCUT2D eigenvalue weighted by Crippen LogP contribution is -2.26. The van der Waals surface area contributed by atoms with Crippen LogP contribution in [0.5, 0.6) is 0 Å². The number of para-hydroxylation sites is 1. The van der Waals surface area contributed by atoms with Gasteiger partial charge in [0.2, 0.25) is 0 Å². The number of hydrogen-bond donors (Lipinski definition) is 1. The van der Waals surface area contributed by atoms with E-state index in [1.807, 2.05) is 12.1 Å². The second-order valence-electron chi connectivity index (χ2n) is 5.51. The summed E-state index contributed by atoms with van der Waals surface area (Å²) in [5, 5.41) is 3.50. The van der Waals surface area contributed by atoms with Gasteiger partial charge in [-0.1, -0.05) is 34.1 Å². The summed E-state index contributed by atoms with van der Waals surface area (Å²) < 4.78 is 14.9. The van der Waals surface area contributed by atoms with Crippen LogP contribution in [0.3, 0.4) is 0 Å². The lowest BCUT2D eigenvalue weighted by molar-refractivity contribution is 0.531. The summed E-state index contributed by atoms with van der Waals surface area (Å²) in [5.41, 5.74) is 3.27. The number of halogens is 2. The molecule has 1 nitrogen and oxygen atoms in total. The molecule has 1 heterocycles. The van der Waals surface area contributed by atoms with Gasteiger partial charge in [0.15, 0.2) is 0 Å². The highest BCUT2D eigenvalue weighted by atomic mass is 79.9. The van der Waals surface area contributed by atoms with Gasteiger partial charge in [0, 0.05) is 16.2 Å². The van der Waals surface area contributed by atoms with E-state index in [-0.39, 0.29) is 5.82 Å². The van der Waals surface area contributed by atoms with Crippen LogP contribution < -0.4 is 5.32 Å². The van der Waals surface area contributed by atoms with E-state index in [2.05, 4.69) is 46.4 Å². The van der Waals surface area contributed by atoms with Crippen molar-refractivity contribution in [3.05, 3.63) is 63.9 Å². The van der Waals surface area contributed by atoms with E-state index in [0.717, 1.165) is 22.9 Å². The van der Waals surface area contributed by atoms with Gasteiger partial charge in [-0.15, -0.1) is 0 Å². The molecule has 104 valence electrons. The fraction of sp³-hybridized carbons (Fsp3) is 0.294. The molecule has 2 aromatic carbocycles. The largest absolute Gasteiger partial charge is 0.382 e. The van der Waals surface area contributed by atoms with Gasteiger partial charge in [-0.2, -0.15) is 0 Å². The van der Waals surface area contributed by atoms with Crippen LogP contribution in [-0.2, 0) is 6.42 Å².